The highest BCUT2D eigenvalue weighted by Gasteiger charge is 2.93. The van der Waals surface area contributed by atoms with Crippen LogP contribution in [0.3, 0.4) is 0 Å². The van der Waals surface area contributed by atoms with Gasteiger partial charge in [0.1, 0.15) is 36.3 Å². The second kappa shape index (κ2) is 12.0. The maximum absolute atomic E-state index is 14.0. The zero-order chi connectivity index (χ0) is 41.3. The van der Waals surface area contributed by atoms with Crippen LogP contribution in [0.2, 0.25) is 0 Å². The molecule has 8 fully saturated rings. The number of halogens is 1. The fraction of sp³-hybridized carbons (Fsp3) is 0.732. The van der Waals surface area contributed by atoms with Gasteiger partial charge >= 0.3 is 23.9 Å². The van der Waals surface area contributed by atoms with E-state index in [-0.39, 0.29) is 12.0 Å². The minimum atomic E-state index is -2.16. The average Bonchev–Trinajstić information content (AvgIpc) is 4.03. The number of fused-ring (bicyclic) bond motifs is 9. The van der Waals surface area contributed by atoms with Crippen LogP contribution >= 0.6 is 0 Å². The molecule has 1 aromatic carbocycles. The highest BCUT2D eigenvalue weighted by Crippen LogP contribution is 2.80. The number of carbonyl (C=O) groups is 5. The van der Waals surface area contributed by atoms with Crippen molar-refractivity contribution >= 4 is 29.8 Å². The summed E-state index contributed by atoms with van der Waals surface area (Å²) >= 11 is 0. The van der Waals surface area contributed by atoms with Crippen molar-refractivity contribution in [2.45, 2.75) is 128 Å². The normalized spacial score (nSPS) is 53.2. The molecule has 4 N–H and O–H groups in total. The smallest absolute Gasteiger partial charge is 0.341 e. The standard InChI is InChI=1S/C41H50FNO14/c1-14-23-26(39(7)40(8,51)36(50)57-41(39)32(14)56-41)29(48)24-22-25(31(52-15(2)44)34(38(23,24)6)54-17(4)46)37(5)20(13-21-30(55-21)33(37)53-16(3)45)27(28(22)47)43-35(49)18-9-11-19(42)12-10-18/h9-12,14,20-34,47-48,51H,13H2,1-8H3,(H,43,49)/t14-,20+,21-,22-,23-,24+,25+,26-,27-,28+,29+,30-,31-,32+,33-,34-,37-,38+,39-,40+,41-/m0/s1. The van der Waals surface area contributed by atoms with Gasteiger partial charge in [-0.15, -0.1) is 0 Å². The molecule has 0 aromatic heterocycles. The Kier molecular flexibility index (Phi) is 8.14. The van der Waals surface area contributed by atoms with Crippen LogP contribution in [0, 0.1) is 63.5 Å². The Bertz CT molecular complexity index is 1960. The molecule has 16 heteroatoms. The fourth-order valence-corrected chi connectivity index (χ4v) is 14.2. The Labute approximate surface area is 328 Å². The summed E-state index contributed by atoms with van der Waals surface area (Å²) < 4.78 is 50.9. The van der Waals surface area contributed by atoms with Crippen LogP contribution in [-0.2, 0) is 47.6 Å². The lowest BCUT2D eigenvalue weighted by Crippen LogP contribution is -2.77. The van der Waals surface area contributed by atoms with E-state index in [2.05, 4.69) is 5.32 Å². The van der Waals surface area contributed by atoms with Crippen molar-refractivity contribution < 1.29 is 72.1 Å². The molecule has 5 aliphatic carbocycles. The van der Waals surface area contributed by atoms with E-state index in [1.165, 1.54) is 39.8 Å². The van der Waals surface area contributed by atoms with Crippen molar-refractivity contribution in [1.29, 1.82) is 0 Å². The van der Waals surface area contributed by atoms with Crippen molar-refractivity contribution in [3.05, 3.63) is 35.6 Å². The summed E-state index contributed by atoms with van der Waals surface area (Å²) in [6.45, 7) is 12.2. The molecule has 1 amide bonds. The average molecular weight is 800 g/mol. The maximum atomic E-state index is 14.0. The largest absolute Gasteiger partial charge is 0.459 e. The van der Waals surface area contributed by atoms with Crippen LogP contribution in [0.25, 0.3) is 0 Å². The highest BCUT2D eigenvalue weighted by atomic mass is 19.1. The van der Waals surface area contributed by atoms with Crippen molar-refractivity contribution in [1.82, 2.24) is 5.32 Å². The minimum absolute atomic E-state index is 0.118. The van der Waals surface area contributed by atoms with Gasteiger partial charge in [-0.25, -0.2) is 9.18 Å². The fourth-order valence-electron chi connectivity index (χ4n) is 14.2. The molecule has 8 aliphatic rings. The number of nitrogens with one attached hydrogen (secondary N) is 1. The first-order chi connectivity index (χ1) is 26.6. The van der Waals surface area contributed by atoms with Gasteiger partial charge < -0.3 is 49.1 Å². The van der Waals surface area contributed by atoms with Crippen molar-refractivity contribution in [2.75, 3.05) is 0 Å². The number of aliphatic hydroxyl groups is 3. The Morgan fingerprint density at radius 3 is 2.07 bits per heavy atom. The molecule has 0 unspecified atom stereocenters. The van der Waals surface area contributed by atoms with Gasteiger partial charge in [-0.3, -0.25) is 19.2 Å². The molecule has 0 bridgehead atoms. The molecule has 1 aromatic rings. The number of hydrogen-bond acceptors (Lipinski definition) is 14. The molecule has 3 saturated heterocycles. The number of hydrogen-bond donors (Lipinski definition) is 4. The van der Waals surface area contributed by atoms with E-state index in [4.69, 9.17) is 28.4 Å². The third-order valence-corrected chi connectivity index (χ3v) is 16.4. The number of epoxide rings is 2. The number of amides is 1. The van der Waals surface area contributed by atoms with Gasteiger partial charge in [0.05, 0.1) is 29.8 Å². The predicted octanol–water partition coefficient (Wildman–Crippen LogP) is 1.42. The summed E-state index contributed by atoms with van der Waals surface area (Å²) in [5.74, 6) is -11.7. The van der Waals surface area contributed by atoms with Crippen LogP contribution in [0.15, 0.2) is 24.3 Å². The van der Waals surface area contributed by atoms with Crippen molar-refractivity contribution in [3.8, 4) is 0 Å². The highest BCUT2D eigenvalue weighted by molar-refractivity contribution is 5.94. The first kappa shape index (κ1) is 38.8. The SMILES string of the molecule is CC(=O)O[C@H]1[C@H]2[C@@H]([C@@H](O)[C@@H](NC(=O)c3ccc(F)cc3)[C@H]3C[C@@H]4O[C@@H]4[C@H](OC(C)=O)[C@]23C)[C@@H]2[C@@H](O)[C@@H]3[C@H]([C@H](C)[C@H]4O[C@]45OC(=O)[C@@](C)(O)[C@]35C)[C@@]2(C)[C@H]1OC(C)=O. The molecule has 1 spiro atoms. The lowest BCUT2D eigenvalue weighted by molar-refractivity contribution is -0.286. The zero-order valence-corrected chi connectivity index (χ0v) is 33.0. The van der Waals surface area contributed by atoms with E-state index in [1.54, 1.807) is 6.92 Å². The topological polar surface area (TPSA) is 220 Å². The second-order valence-electron chi connectivity index (χ2n) is 18.7. The zero-order valence-electron chi connectivity index (χ0n) is 33.0. The molecule has 21 atom stereocenters. The van der Waals surface area contributed by atoms with Gasteiger partial charge in [-0.05, 0) is 68.2 Å². The molecule has 15 nitrogen and oxygen atoms in total. The molecular formula is C41H50FNO14. The number of esters is 4. The quantitative estimate of drug-likeness (QED) is 0.188. The summed E-state index contributed by atoms with van der Waals surface area (Å²) in [5, 5.41) is 41.3. The molecule has 5 saturated carbocycles. The first-order valence-corrected chi connectivity index (χ1v) is 19.8. The van der Waals surface area contributed by atoms with E-state index in [0.717, 1.165) is 12.1 Å². The monoisotopic (exact) mass is 799 g/mol. The number of carbonyl (C=O) groups excluding carboxylic acids is 5. The lowest BCUT2D eigenvalue weighted by Gasteiger charge is -2.67. The predicted molar refractivity (Wildman–Crippen MR) is 188 cm³/mol. The van der Waals surface area contributed by atoms with Crippen LogP contribution in [0.5, 0.6) is 0 Å². The molecule has 9 rings (SSSR count). The van der Waals surface area contributed by atoms with Crippen LogP contribution < -0.4 is 5.32 Å². The molecule has 310 valence electrons. The third-order valence-electron chi connectivity index (χ3n) is 16.4. The minimum Gasteiger partial charge on any atom is -0.459 e. The summed E-state index contributed by atoms with van der Waals surface area (Å²) in [5.41, 5.74) is -6.25. The summed E-state index contributed by atoms with van der Waals surface area (Å²) in [4.78, 5) is 67.0. The summed E-state index contributed by atoms with van der Waals surface area (Å²) in [7, 11) is 0. The van der Waals surface area contributed by atoms with Gasteiger partial charge in [0.2, 0.25) is 5.79 Å². The Hall–Kier alpha value is -3.70. The van der Waals surface area contributed by atoms with E-state index >= 15 is 0 Å². The van der Waals surface area contributed by atoms with E-state index < -0.39 is 160 Å². The first-order valence-electron chi connectivity index (χ1n) is 19.8. The third kappa shape index (κ3) is 4.67. The molecule has 57 heavy (non-hydrogen) atoms. The molecule has 3 heterocycles. The van der Waals surface area contributed by atoms with Crippen molar-refractivity contribution in [3.63, 3.8) is 0 Å². The van der Waals surface area contributed by atoms with E-state index in [9.17, 15) is 43.7 Å². The number of aliphatic hydroxyl groups excluding tert-OH is 2. The van der Waals surface area contributed by atoms with Gasteiger partial charge in [0, 0.05) is 54.9 Å². The lowest BCUT2D eigenvalue weighted by atomic mass is 9.40. The Morgan fingerprint density at radius 2 is 1.46 bits per heavy atom. The van der Waals surface area contributed by atoms with Crippen molar-refractivity contribution in [2.24, 2.45) is 57.7 Å². The molecule has 3 aliphatic heterocycles. The van der Waals surface area contributed by atoms with Crippen LogP contribution in [-0.4, -0.2) is 111 Å². The van der Waals surface area contributed by atoms with Crippen LogP contribution in [0.1, 0.15) is 72.2 Å². The Morgan fingerprint density at radius 1 is 0.842 bits per heavy atom. The number of rotatable bonds is 5. The summed E-state index contributed by atoms with van der Waals surface area (Å²) in [6.07, 6.45) is -7.94. The van der Waals surface area contributed by atoms with Gasteiger partial charge in [0.15, 0.2) is 5.60 Å². The van der Waals surface area contributed by atoms with Gasteiger partial charge in [0.25, 0.3) is 5.91 Å². The summed E-state index contributed by atoms with van der Waals surface area (Å²) in [6, 6.07) is 3.83. The molecule has 0 radical (unpaired) electrons. The number of ether oxygens (including phenoxy) is 6. The molecular weight excluding hydrogens is 749 g/mol. The number of benzene rings is 1. The van der Waals surface area contributed by atoms with E-state index in [1.807, 2.05) is 20.8 Å². The van der Waals surface area contributed by atoms with Gasteiger partial charge in [-0.1, -0.05) is 20.8 Å². The Balaban J connectivity index is 1.28. The van der Waals surface area contributed by atoms with Crippen LogP contribution in [0.4, 0.5) is 4.39 Å². The van der Waals surface area contributed by atoms with E-state index in [0.29, 0.717) is 0 Å². The maximum Gasteiger partial charge on any atom is 0.341 e. The second-order valence-corrected chi connectivity index (χ2v) is 18.7. The van der Waals surface area contributed by atoms with Gasteiger partial charge in [-0.2, -0.15) is 0 Å².